The Morgan fingerprint density at radius 2 is 1.78 bits per heavy atom. The molecule has 1 heterocycles. The minimum atomic E-state index is -1.10. The van der Waals surface area contributed by atoms with Gasteiger partial charge in [0.25, 0.3) is 5.91 Å². The lowest BCUT2D eigenvalue weighted by Crippen LogP contribution is -2.43. The maximum Gasteiger partial charge on any atom is 0.260 e. The molecule has 2 aromatic rings. The van der Waals surface area contributed by atoms with E-state index < -0.39 is 5.54 Å². The Labute approximate surface area is 157 Å². The number of anilines is 1. The van der Waals surface area contributed by atoms with Gasteiger partial charge in [-0.3, -0.25) is 19.5 Å². The molecule has 1 unspecified atom stereocenters. The van der Waals surface area contributed by atoms with Crippen LogP contribution >= 0.6 is 0 Å². The average Bonchev–Trinajstić information content (AvgIpc) is 2.88. The monoisotopic (exact) mass is 367 g/mol. The lowest BCUT2D eigenvalue weighted by molar-refractivity contribution is -0.131. The van der Waals surface area contributed by atoms with Gasteiger partial charge >= 0.3 is 0 Å². The lowest BCUT2D eigenvalue weighted by atomic mass is 9.85. The summed E-state index contributed by atoms with van der Waals surface area (Å²) in [7, 11) is 0. The Bertz CT molecular complexity index is 891. The van der Waals surface area contributed by atoms with Gasteiger partial charge in [0.2, 0.25) is 0 Å². The SMILES string of the molecule is CCCC1(c2ccc(F)cc2)N=C(C)N(CC(=O)c2ccc(N)cc2)C1=O. The van der Waals surface area contributed by atoms with Crippen molar-refractivity contribution in [2.45, 2.75) is 32.2 Å². The maximum absolute atomic E-state index is 13.3. The smallest absolute Gasteiger partial charge is 0.260 e. The predicted octanol–water partition coefficient (Wildman–Crippen LogP) is 3.55. The Kier molecular flexibility index (Phi) is 5.08. The van der Waals surface area contributed by atoms with Crippen LogP contribution in [0.25, 0.3) is 0 Å². The molecule has 0 saturated carbocycles. The summed E-state index contributed by atoms with van der Waals surface area (Å²) in [6.07, 6.45) is 1.21. The molecule has 0 aromatic heterocycles. The molecule has 0 spiro atoms. The Morgan fingerprint density at radius 3 is 2.37 bits per heavy atom. The van der Waals surface area contributed by atoms with E-state index in [0.29, 0.717) is 29.1 Å². The number of benzene rings is 2. The van der Waals surface area contributed by atoms with Crippen molar-refractivity contribution in [1.29, 1.82) is 0 Å². The molecule has 2 aromatic carbocycles. The minimum absolute atomic E-state index is 0.0925. The van der Waals surface area contributed by atoms with Crippen molar-refractivity contribution in [2.75, 3.05) is 12.3 Å². The van der Waals surface area contributed by atoms with Crippen LogP contribution in [0.1, 0.15) is 42.6 Å². The van der Waals surface area contributed by atoms with Gasteiger partial charge in [0.1, 0.15) is 11.7 Å². The van der Waals surface area contributed by atoms with Crippen molar-refractivity contribution in [3.05, 3.63) is 65.5 Å². The summed E-state index contributed by atoms with van der Waals surface area (Å²) in [5, 5.41) is 0. The summed E-state index contributed by atoms with van der Waals surface area (Å²) in [4.78, 5) is 31.9. The molecule has 27 heavy (non-hydrogen) atoms. The Balaban J connectivity index is 1.90. The van der Waals surface area contributed by atoms with Crippen LogP contribution in [-0.2, 0) is 10.3 Å². The number of nitrogen functional groups attached to an aromatic ring is 1. The molecule has 1 aliphatic rings. The molecule has 0 saturated heterocycles. The van der Waals surface area contributed by atoms with Crippen LogP contribution in [0.5, 0.6) is 0 Å². The third kappa shape index (κ3) is 3.47. The highest BCUT2D eigenvalue weighted by atomic mass is 19.1. The average molecular weight is 367 g/mol. The normalized spacial score (nSPS) is 19.3. The van der Waals surface area contributed by atoms with Crippen LogP contribution in [0, 0.1) is 5.82 Å². The van der Waals surface area contributed by atoms with Crippen molar-refractivity contribution in [3.63, 3.8) is 0 Å². The Hall–Kier alpha value is -3.02. The van der Waals surface area contributed by atoms with E-state index in [1.807, 2.05) is 6.92 Å². The van der Waals surface area contributed by atoms with E-state index in [9.17, 15) is 14.0 Å². The van der Waals surface area contributed by atoms with E-state index in [0.717, 1.165) is 6.42 Å². The highest BCUT2D eigenvalue weighted by Crippen LogP contribution is 2.38. The van der Waals surface area contributed by atoms with E-state index in [1.54, 1.807) is 43.3 Å². The fraction of sp³-hybridized carbons (Fsp3) is 0.286. The molecule has 0 aliphatic carbocycles. The highest BCUT2D eigenvalue weighted by Gasteiger charge is 2.48. The number of carbonyl (C=O) groups is 2. The number of amidine groups is 1. The van der Waals surface area contributed by atoms with Crippen LogP contribution in [0.3, 0.4) is 0 Å². The molecule has 0 bridgehead atoms. The molecular formula is C21H22FN3O2. The van der Waals surface area contributed by atoms with Gasteiger partial charge in [-0.1, -0.05) is 25.5 Å². The molecule has 3 rings (SSSR count). The van der Waals surface area contributed by atoms with Crippen LogP contribution < -0.4 is 5.73 Å². The number of hydrogen-bond donors (Lipinski definition) is 1. The van der Waals surface area contributed by atoms with Gasteiger partial charge in [0, 0.05) is 11.3 Å². The summed E-state index contributed by atoms with van der Waals surface area (Å²) < 4.78 is 13.3. The fourth-order valence-electron chi connectivity index (χ4n) is 3.43. The predicted molar refractivity (Wildman–Crippen MR) is 103 cm³/mol. The van der Waals surface area contributed by atoms with Crippen LogP contribution in [0.15, 0.2) is 53.5 Å². The fourth-order valence-corrected chi connectivity index (χ4v) is 3.43. The van der Waals surface area contributed by atoms with Crippen molar-refractivity contribution >= 4 is 23.2 Å². The molecule has 140 valence electrons. The summed E-state index contributed by atoms with van der Waals surface area (Å²) in [6, 6.07) is 12.4. The quantitative estimate of drug-likeness (QED) is 0.627. The van der Waals surface area contributed by atoms with Gasteiger partial charge in [-0.25, -0.2) is 4.39 Å². The maximum atomic E-state index is 13.3. The van der Waals surface area contributed by atoms with Crippen LogP contribution in [0.2, 0.25) is 0 Å². The number of amides is 1. The zero-order valence-electron chi connectivity index (χ0n) is 15.4. The van der Waals surface area contributed by atoms with Crippen LogP contribution in [0.4, 0.5) is 10.1 Å². The topological polar surface area (TPSA) is 75.8 Å². The summed E-state index contributed by atoms with van der Waals surface area (Å²) in [6.45, 7) is 3.59. The standard InChI is InChI=1S/C21H22FN3O2/c1-3-12-21(16-6-8-17(22)9-7-16)20(27)25(14(2)24-21)13-19(26)15-4-10-18(23)11-5-15/h4-11H,3,12-13,23H2,1-2H3. The molecule has 0 radical (unpaired) electrons. The van der Waals surface area contributed by atoms with Gasteiger partial charge in [-0.05, 0) is 55.3 Å². The molecule has 2 N–H and O–H groups in total. The van der Waals surface area contributed by atoms with Crippen molar-refractivity contribution < 1.29 is 14.0 Å². The molecule has 5 nitrogen and oxygen atoms in total. The van der Waals surface area contributed by atoms with Gasteiger partial charge in [0.05, 0.1) is 6.54 Å². The van der Waals surface area contributed by atoms with Crippen molar-refractivity contribution in [2.24, 2.45) is 4.99 Å². The minimum Gasteiger partial charge on any atom is -0.399 e. The molecule has 1 amide bonds. The molecule has 1 aliphatic heterocycles. The van der Waals surface area contributed by atoms with E-state index >= 15 is 0 Å². The first-order chi connectivity index (χ1) is 12.9. The number of nitrogens with zero attached hydrogens (tertiary/aromatic N) is 2. The largest absolute Gasteiger partial charge is 0.399 e. The third-order valence-corrected chi connectivity index (χ3v) is 4.81. The first kappa shape index (κ1) is 18.8. The molecule has 6 heteroatoms. The van der Waals surface area contributed by atoms with E-state index in [2.05, 4.69) is 4.99 Å². The van der Waals surface area contributed by atoms with Gasteiger partial charge in [-0.2, -0.15) is 0 Å². The van der Waals surface area contributed by atoms with E-state index in [-0.39, 0.29) is 24.1 Å². The van der Waals surface area contributed by atoms with Gasteiger partial charge in [0.15, 0.2) is 11.3 Å². The number of aliphatic imine (C=N–C) groups is 1. The highest BCUT2D eigenvalue weighted by molar-refractivity contribution is 6.11. The first-order valence-electron chi connectivity index (χ1n) is 8.90. The first-order valence-corrected chi connectivity index (χ1v) is 8.90. The van der Waals surface area contributed by atoms with Gasteiger partial charge in [-0.15, -0.1) is 0 Å². The number of carbonyl (C=O) groups excluding carboxylic acids is 2. The molecular weight excluding hydrogens is 345 g/mol. The molecule has 1 atom stereocenters. The summed E-state index contributed by atoms with van der Waals surface area (Å²) in [5.41, 5.74) is 6.25. The second kappa shape index (κ2) is 7.31. The third-order valence-electron chi connectivity index (χ3n) is 4.81. The second-order valence-corrected chi connectivity index (χ2v) is 6.71. The number of halogens is 1. The lowest BCUT2D eigenvalue weighted by Gasteiger charge is -2.26. The number of nitrogens with two attached hydrogens (primary N) is 1. The summed E-state index contributed by atoms with van der Waals surface area (Å²) in [5.74, 6) is -0.324. The number of Topliss-reactive ketones (excluding diaryl/α,β-unsaturated/α-hetero) is 1. The number of ketones is 1. The number of hydrogen-bond acceptors (Lipinski definition) is 4. The van der Waals surface area contributed by atoms with E-state index in [4.69, 9.17) is 5.73 Å². The van der Waals surface area contributed by atoms with E-state index in [1.165, 1.54) is 17.0 Å². The second-order valence-electron chi connectivity index (χ2n) is 6.71. The number of rotatable bonds is 6. The van der Waals surface area contributed by atoms with Crippen molar-refractivity contribution in [1.82, 2.24) is 4.90 Å². The zero-order chi connectivity index (χ0) is 19.6. The van der Waals surface area contributed by atoms with Gasteiger partial charge < -0.3 is 5.73 Å². The zero-order valence-corrected chi connectivity index (χ0v) is 15.4. The summed E-state index contributed by atoms with van der Waals surface area (Å²) >= 11 is 0. The Morgan fingerprint density at radius 1 is 1.15 bits per heavy atom. The van der Waals surface area contributed by atoms with Crippen LogP contribution in [-0.4, -0.2) is 29.0 Å². The molecule has 0 fully saturated rings. The van der Waals surface area contributed by atoms with Crippen molar-refractivity contribution in [3.8, 4) is 0 Å².